The van der Waals surface area contributed by atoms with Crippen LogP contribution >= 0.6 is 0 Å². The average Bonchev–Trinajstić information content (AvgIpc) is 3.87. The predicted molar refractivity (Wildman–Crippen MR) is 216 cm³/mol. The third-order valence-corrected chi connectivity index (χ3v) is 12.3. The number of alkyl halides is 6. The van der Waals surface area contributed by atoms with Gasteiger partial charge in [-0.05, 0) is 36.1 Å². The van der Waals surface area contributed by atoms with Crippen LogP contribution in [0.15, 0.2) is 109 Å². The van der Waals surface area contributed by atoms with Crippen molar-refractivity contribution >= 4 is 35.9 Å². The van der Waals surface area contributed by atoms with Gasteiger partial charge in [0.2, 0.25) is 0 Å². The van der Waals surface area contributed by atoms with E-state index >= 15 is 0 Å². The summed E-state index contributed by atoms with van der Waals surface area (Å²) in [4.78, 5) is 0. The van der Waals surface area contributed by atoms with E-state index in [4.69, 9.17) is 0 Å². The van der Waals surface area contributed by atoms with Crippen LogP contribution in [0.25, 0.3) is 32.7 Å². The van der Waals surface area contributed by atoms with Crippen LogP contribution in [0.1, 0.15) is 113 Å². The Labute approximate surface area is 365 Å². The fourth-order valence-corrected chi connectivity index (χ4v) is 8.77. The molecule has 0 bridgehead atoms. The van der Waals surface area contributed by atoms with Gasteiger partial charge in [0, 0.05) is 10.8 Å². The third-order valence-electron chi connectivity index (χ3n) is 10.9. The first-order chi connectivity index (χ1) is 25.9. The molecule has 0 radical (unpaired) electrons. The van der Waals surface area contributed by atoms with Crippen molar-refractivity contribution in [1.29, 1.82) is 0 Å². The summed E-state index contributed by atoms with van der Waals surface area (Å²) in [6.07, 6.45) is 4.35. The molecule has 0 N–H and O–H groups in total. The molecule has 0 aliphatic heterocycles. The average molecular weight is 911 g/mol. The first kappa shape index (κ1) is 47.3. The van der Waals surface area contributed by atoms with Crippen molar-refractivity contribution in [3.63, 3.8) is 0 Å². The minimum Gasteiger partial charge on any atom is -1.00 e. The Hall–Kier alpha value is -3.38. The minimum atomic E-state index is -4.49. The van der Waals surface area contributed by atoms with Gasteiger partial charge in [0.05, 0.1) is 0 Å². The molecule has 8 rings (SSSR count). The number of fused-ring (bicyclic) bond motifs is 5. The topological polar surface area (TPSA) is 0 Å². The Kier molecular flexibility index (Phi) is 13.8. The molecular weight excluding hydrogens is 865 g/mol. The number of benzene rings is 4. The summed E-state index contributed by atoms with van der Waals surface area (Å²) in [6, 6.07) is 21.3. The number of allylic oxidation sites excluding steroid dienone is 8. The largest absolute Gasteiger partial charge is 1.00 e. The van der Waals surface area contributed by atoms with Crippen molar-refractivity contribution in [3.8, 4) is 0 Å². The van der Waals surface area contributed by atoms with Crippen molar-refractivity contribution in [1.82, 2.24) is 0 Å². The molecule has 3 aliphatic carbocycles. The zero-order valence-electron chi connectivity index (χ0n) is 34.0. The van der Waals surface area contributed by atoms with E-state index in [1.54, 1.807) is 0 Å². The molecule has 3 aliphatic rings. The Bertz CT molecular complexity index is 2350. The molecule has 0 spiro atoms. The van der Waals surface area contributed by atoms with Crippen LogP contribution < -0.4 is 24.8 Å². The van der Waals surface area contributed by atoms with Crippen LogP contribution in [0.2, 0.25) is 0 Å². The van der Waals surface area contributed by atoms with Gasteiger partial charge in [-0.3, -0.25) is 6.08 Å². The van der Waals surface area contributed by atoms with Crippen LogP contribution in [0.5, 0.6) is 0 Å². The van der Waals surface area contributed by atoms with Gasteiger partial charge in [0.15, 0.2) is 0 Å². The van der Waals surface area contributed by atoms with Crippen molar-refractivity contribution in [3.05, 3.63) is 159 Å². The molecule has 9 heteroatoms. The van der Waals surface area contributed by atoms with Crippen molar-refractivity contribution in [2.75, 3.05) is 0 Å². The van der Waals surface area contributed by atoms with Gasteiger partial charge < -0.3 is 24.8 Å². The smallest absolute Gasteiger partial charge is 1.00 e. The monoisotopic (exact) mass is 908 g/mol. The summed E-state index contributed by atoms with van der Waals surface area (Å²) in [5, 5.41) is 5.57. The molecule has 0 saturated carbocycles. The third kappa shape index (κ3) is 9.80. The van der Waals surface area contributed by atoms with Crippen LogP contribution in [0, 0.1) is 11.5 Å². The maximum absolute atomic E-state index is 12.7. The number of hydrogen-bond acceptors (Lipinski definition) is 0. The predicted octanol–water partition coefficient (Wildman–Crippen LogP) is 8.67. The summed E-state index contributed by atoms with van der Waals surface area (Å²) in [6.45, 7) is 20.5. The number of rotatable bonds is 2. The first-order valence-corrected chi connectivity index (χ1v) is 19.9. The van der Waals surface area contributed by atoms with E-state index in [1.165, 1.54) is 84.8 Å². The van der Waals surface area contributed by atoms with Crippen LogP contribution in [0.3, 0.4) is 0 Å². The van der Waals surface area contributed by atoms with Gasteiger partial charge in [0.25, 0.3) is 0 Å². The molecule has 0 fully saturated rings. The zero-order valence-corrected chi connectivity index (χ0v) is 38.0. The summed E-state index contributed by atoms with van der Waals surface area (Å²) in [5.74, 6) is 0. The van der Waals surface area contributed by atoms with Crippen LogP contribution in [0.4, 0.5) is 26.3 Å². The van der Waals surface area contributed by atoms with E-state index in [0.717, 1.165) is 54.9 Å². The quantitative estimate of drug-likeness (QED) is 0.123. The molecule has 0 nitrogen and oxygen atoms in total. The van der Waals surface area contributed by atoms with Gasteiger partial charge in [-0.1, -0.05) is 89.3 Å². The Morgan fingerprint density at radius 1 is 0.655 bits per heavy atom. The Balaban J connectivity index is 0.000000208. The molecule has 304 valence electrons. The minimum absolute atomic E-state index is 0. The Morgan fingerprint density at radius 2 is 1.07 bits per heavy atom. The molecule has 0 amide bonds. The van der Waals surface area contributed by atoms with Gasteiger partial charge in [-0.15, -0.1) is 46.2 Å². The van der Waals surface area contributed by atoms with Gasteiger partial charge in [0.1, 0.15) is 0 Å². The van der Waals surface area contributed by atoms with Crippen LogP contribution in [-0.4, -0.2) is 3.21 Å². The molecule has 0 aromatic heterocycles. The second-order valence-corrected chi connectivity index (χ2v) is 18.4. The molecule has 0 atom stereocenters. The summed E-state index contributed by atoms with van der Waals surface area (Å²) in [7, 11) is 0. The normalized spacial score (nSPS) is 16.1. The molecule has 58 heavy (non-hydrogen) atoms. The van der Waals surface area contributed by atoms with E-state index in [1.807, 2.05) is 0 Å². The maximum atomic E-state index is 12.7. The molecule has 0 unspecified atom stereocenters. The standard InChI is InChI=1S/C25H25.C15H8F6.C9H13.2ClH.Zr/c1-14-12-24(3,4)22-8-16-7-17-9-23-19(15(2)13-25(23,5)6)11-21(17)20(16)10-18(14)22;16-14(17,18)12-5-1-3-10(8-12)7-11-4-2-6-13(9-11)15(19,20)21;1-9(2,3)8-6-4-5-7-8;;;/h7-13H,1-6H3;1-6,8-9H;6-7H,4H2,1-3H3;2*1H;/q-1;;-1;;;+2/p-2. The summed E-state index contributed by atoms with van der Waals surface area (Å²) in [5.41, 5.74) is 9.54. The van der Waals surface area contributed by atoms with E-state index < -0.39 is 23.5 Å². The fourth-order valence-electron chi connectivity index (χ4n) is 8.01. The van der Waals surface area contributed by atoms with E-state index in [9.17, 15) is 26.3 Å². The SMILES string of the molecule is CC(C)(C)C1=CC[C-]=C1.CC1=CC(C)(C)c2cc3[cH-]c4cc5c(cc4c3cc21)C(C)=CC5(C)C.FC(F)(F)c1cccc([C](=[Zr+2])c2cccc(C(F)(F)F)c2)c1.[Cl-].[Cl-]. The summed E-state index contributed by atoms with van der Waals surface area (Å²) >= 11 is 0.729. The molecule has 0 saturated heterocycles. The van der Waals surface area contributed by atoms with Crippen LogP contribution in [-0.2, 0) is 47.4 Å². The van der Waals surface area contributed by atoms with Gasteiger partial charge >= 0.3 is 137 Å². The molecular formula is C49H46Cl2F6Zr-2. The second-order valence-electron chi connectivity index (χ2n) is 17.2. The molecule has 5 aromatic rings. The molecule has 0 heterocycles. The second kappa shape index (κ2) is 16.9. The van der Waals surface area contributed by atoms with Gasteiger partial charge in [-0.2, -0.15) is 11.6 Å². The zero-order chi connectivity index (χ0) is 41.2. The van der Waals surface area contributed by atoms with Crippen molar-refractivity contribution < 1.29 is 75.4 Å². The number of hydrogen-bond donors (Lipinski definition) is 0. The number of halogens is 8. The van der Waals surface area contributed by atoms with Gasteiger partial charge in [-0.25, -0.2) is 6.08 Å². The first-order valence-electron chi connectivity index (χ1n) is 18.7. The van der Waals surface area contributed by atoms with E-state index in [-0.39, 0.29) is 46.8 Å². The van der Waals surface area contributed by atoms with Crippen molar-refractivity contribution in [2.24, 2.45) is 5.41 Å². The fraction of sp³-hybridized carbons (Fsp3) is 0.306. The van der Waals surface area contributed by atoms with E-state index in [2.05, 4.69) is 123 Å². The summed E-state index contributed by atoms with van der Waals surface area (Å²) < 4.78 is 76.7. The Morgan fingerprint density at radius 3 is 1.40 bits per heavy atom. The van der Waals surface area contributed by atoms with Crippen molar-refractivity contribution in [2.45, 2.75) is 91.9 Å². The van der Waals surface area contributed by atoms with E-state index in [0.29, 0.717) is 8.62 Å². The maximum Gasteiger partial charge on any atom is -1.00 e. The molecule has 5 aromatic carbocycles.